The fourth-order valence-electron chi connectivity index (χ4n) is 1.91. The Kier molecular flexibility index (Phi) is 4.04. The van der Waals surface area contributed by atoms with Gasteiger partial charge in [-0.05, 0) is 25.1 Å². The number of aliphatic hydroxyl groups excluding tert-OH is 1. The topological polar surface area (TPSA) is 56.3 Å². The molecule has 0 unspecified atom stereocenters. The average molecular weight is 311 g/mol. The first kappa shape index (κ1) is 13.1. The van der Waals surface area contributed by atoms with Crippen molar-refractivity contribution in [2.24, 2.45) is 0 Å². The van der Waals surface area contributed by atoms with Crippen LogP contribution in [-0.2, 0) is 0 Å². The highest BCUT2D eigenvalue weighted by molar-refractivity contribution is 9.10. The van der Waals surface area contributed by atoms with Gasteiger partial charge in [0.25, 0.3) is 5.91 Å². The van der Waals surface area contributed by atoms with E-state index < -0.39 is 0 Å². The summed E-state index contributed by atoms with van der Waals surface area (Å²) in [6, 6.07) is 7.67. The van der Waals surface area contributed by atoms with Crippen molar-refractivity contribution in [3.63, 3.8) is 0 Å². The minimum absolute atomic E-state index is 0.0225. The lowest BCUT2D eigenvalue weighted by Crippen LogP contribution is -2.33. The van der Waals surface area contributed by atoms with E-state index in [1.165, 1.54) is 0 Å². The molecule has 5 heteroatoms. The molecule has 96 valence electrons. The summed E-state index contributed by atoms with van der Waals surface area (Å²) in [4.78, 5) is 16.9. The number of aliphatic hydroxyl groups is 1. The van der Waals surface area contributed by atoms with E-state index in [4.69, 9.17) is 5.11 Å². The summed E-state index contributed by atoms with van der Waals surface area (Å²) in [6.07, 6.45) is 0. The SMILES string of the molecule is CCN(CCO)C(=O)c1cc2ccc(Br)cc2[nH]1. The minimum Gasteiger partial charge on any atom is -0.395 e. The number of carbonyl (C=O) groups is 1. The maximum absolute atomic E-state index is 12.2. The first-order valence-corrected chi connectivity index (χ1v) is 6.63. The van der Waals surface area contributed by atoms with Crippen LogP contribution in [0.25, 0.3) is 10.9 Å². The molecule has 18 heavy (non-hydrogen) atoms. The number of aromatic amines is 1. The van der Waals surface area contributed by atoms with Gasteiger partial charge < -0.3 is 15.0 Å². The van der Waals surface area contributed by atoms with Crippen LogP contribution >= 0.6 is 15.9 Å². The highest BCUT2D eigenvalue weighted by Crippen LogP contribution is 2.21. The van der Waals surface area contributed by atoms with Gasteiger partial charge in [-0.1, -0.05) is 22.0 Å². The summed E-state index contributed by atoms with van der Waals surface area (Å²) >= 11 is 3.40. The second kappa shape index (κ2) is 5.54. The molecule has 0 bridgehead atoms. The van der Waals surface area contributed by atoms with Gasteiger partial charge >= 0.3 is 0 Å². The number of halogens is 1. The lowest BCUT2D eigenvalue weighted by molar-refractivity contribution is 0.0727. The van der Waals surface area contributed by atoms with E-state index in [1.54, 1.807) is 4.90 Å². The lowest BCUT2D eigenvalue weighted by atomic mass is 10.2. The van der Waals surface area contributed by atoms with Crippen LogP contribution in [0, 0.1) is 0 Å². The van der Waals surface area contributed by atoms with Crippen LogP contribution in [0.4, 0.5) is 0 Å². The molecule has 2 rings (SSSR count). The van der Waals surface area contributed by atoms with Crippen molar-refractivity contribution in [2.45, 2.75) is 6.92 Å². The number of fused-ring (bicyclic) bond motifs is 1. The van der Waals surface area contributed by atoms with Gasteiger partial charge in [-0.3, -0.25) is 4.79 Å². The summed E-state index contributed by atoms with van der Waals surface area (Å²) in [6.45, 7) is 2.81. The average Bonchev–Trinajstić information content (AvgIpc) is 2.77. The third kappa shape index (κ3) is 2.57. The zero-order valence-electron chi connectivity index (χ0n) is 10.1. The smallest absolute Gasteiger partial charge is 0.270 e. The number of likely N-dealkylation sites (N-methyl/N-ethyl adjacent to an activating group) is 1. The molecule has 1 aromatic carbocycles. The second-order valence-corrected chi connectivity index (χ2v) is 4.94. The zero-order valence-corrected chi connectivity index (χ0v) is 11.7. The molecule has 1 aromatic heterocycles. The highest BCUT2D eigenvalue weighted by atomic mass is 79.9. The number of hydrogen-bond donors (Lipinski definition) is 2. The predicted octanol–water partition coefficient (Wildman–Crippen LogP) is 2.38. The molecule has 2 N–H and O–H groups in total. The summed E-state index contributed by atoms with van der Waals surface area (Å²) in [5.41, 5.74) is 1.48. The van der Waals surface area contributed by atoms with Crippen LogP contribution in [0.2, 0.25) is 0 Å². The molecule has 1 amide bonds. The Morgan fingerprint density at radius 2 is 2.22 bits per heavy atom. The molecular weight excluding hydrogens is 296 g/mol. The van der Waals surface area contributed by atoms with E-state index in [-0.39, 0.29) is 12.5 Å². The monoisotopic (exact) mass is 310 g/mol. The number of carbonyl (C=O) groups excluding carboxylic acids is 1. The minimum atomic E-state index is -0.0844. The molecule has 1 heterocycles. The largest absolute Gasteiger partial charge is 0.395 e. The molecule has 0 saturated carbocycles. The molecule has 0 radical (unpaired) electrons. The molecule has 0 aliphatic heterocycles. The van der Waals surface area contributed by atoms with Crippen molar-refractivity contribution in [2.75, 3.05) is 19.7 Å². The zero-order chi connectivity index (χ0) is 13.1. The fraction of sp³-hybridized carbons (Fsp3) is 0.308. The molecule has 0 spiro atoms. The quantitative estimate of drug-likeness (QED) is 0.911. The standard InChI is InChI=1S/C13H15BrN2O2/c1-2-16(5-6-17)13(18)12-7-9-3-4-10(14)8-11(9)15-12/h3-4,7-8,15,17H,2,5-6H2,1H3. The van der Waals surface area contributed by atoms with E-state index in [1.807, 2.05) is 31.2 Å². The Morgan fingerprint density at radius 1 is 1.44 bits per heavy atom. The van der Waals surface area contributed by atoms with E-state index in [2.05, 4.69) is 20.9 Å². The predicted molar refractivity (Wildman–Crippen MR) is 74.7 cm³/mol. The van der Waals surface area contributed by atoms with E-state index >= 15 is 0 Å². The van der Waals surface area contributed by atoms with Crippen LogP contribution in [0.5, 0.6) is 0 Å². The molecule has 0 aliphatic carbocycles. The lowest BCUT2D eigenvalue weighted by Gasteiger charge is -2.18. The normalized spacial score (nSPS) is 10.8. The number of amides is 1. The number of benzene rings is 1. The molecule has 2 aromatic rings. The number of hydrogen-bond acceptors (Lipinski definition) is 2. The third-order valence-corrected chi connectivity index (χ3v) is 3.35. The van der Waals surface area contributed by atoms with Gasteiger partial charge in [0, 0.05) is 28.5 Å². The second-order valence-electron chi connectivity index (χ2n) is 4.02. The molecule has 4 nitrogen and oxygen atoms in total. The van der Waals surface area contributed by atoms with E-state index in [9.17, 15) is 4.79 Å². The summed E-state index contributed by atoms with van der Waals surface area (Å²) in [7, 11) is 0. The maximum Gasteiger partial charge on any atom is 0.270 e. The Bertz CT molecular complexity index is 565. The first-order valence-electron chi connectivity index (χ1n) is 5.84. The van der Waals surface area contributed by atoms with Crippen molar-refractivity contribution in [1.82, 2.24) is 9.88 Å². The fourth-order valence-corrected chi connectivity index (χ4v) is 2.27. The van der Waals surface area contributed by atoms with Crippen LogP contribution in [0.1, 0.15) is 17.4 Å². The van der Waals surface area contributed by atoms with Gasteiger partial charge in [-0.2, -0.15) is 0 Å². The van der Waals surface area contributed by atoms with Crippen LogP contribution in [-0.4, -0.2) is 40.6 Å². The number of nitrogens with zero attached hydrogens (tertiary/aromatic N) is 1. The molecular formula is C13H15BrN2O2. The summed E-state index contributed by atoms with van der Waals surface area (Å²) in [5, 5.41) is 9.93. The third-order valence-electron chi connectivity index (χ3n) is 2.85. The number of aromatic nitrogens is 1. The summed E-state index contributed by atoms with van der Waals surface area (Å²) < 4.78 is 0.971. The Labute approximate surface area is 114 Å². The van der Waals surface area contributed by atoms with Gasteiger partial charge in [0.05, 0.1) is 6.61 Å². The highest BCUT2D eigenvalue weighted by Gasteiger charge is 2.15. The van der Waals surface area contributed by atoms with Gasteiger partial charge in [0.15, 0.2) is 0 Å². The summed E-state index contributed by atoms with van der Waals surface area (Å²) in [5.74, 6) is -0.0844. The van der Waals surface area contributed by atoms with Crippen LogP contribution in [0.15, 0.2) is 28.7 Å². The Balaban J connectivity index is 2.32. The first-order chi connectivity index (χ1) is 8.65. The number of nitrogens with one attached hydrogen (secondary N) is 1. The van der Waals surface area contributed by atoms with Gasteiger partial charge in [0.2, 0.25) is 0 Å². The number of H-pyrrole nitrogens is 1. The Hall–Kier alpha value is -1.33. The van der Waals surface area contributed by atoms with Crippen molar-refractivity contribution in [1.29, 1.82) is 0 Å². The van der Waals surface area contributed by atoms with E-state index in [0.29, 0.717) is 18.8 Å². The van der Waals surface area contributed by atoms with Gasteiger partial charge in [0.1, 0.15) is 5.69 Å². The molecule has 0 fully saturated rings. The van der Waals surface area contributed by atoms with Crippen molar-refractivity contribution in [3.05, 3.63) is 34.4 Å². The van der Waals surface area contributed by atoms with E-state index in [0.717, 1.165) is 15.4 Å². The maximum atomic E-state index is 12.2. The van der Waals surface area contributed by atoms with Gasteiger partial charge in [-0.15, -0.1) is 0 Å². The van der Waals surface area contributed by atoms with Crippen molar-refractivity contribution in [3.8, 4) is 0 Å². The van der Waals surface area contributed by atoms with Gasteiger partial charge in [-0.25, -0.2) is 0 Å². The molecule has 0 saturated heterocycles. The van der Waals surface area contributed by atoms with Crippen molar-refractivity contribution < 1.29 is 9.90 Å². The Morgan fingerprint density at radius 3 is 2.89 bits per heavy atom. The number of rotatable bonds is 4. The molecule has 0 atom stereocenters. The van der Waals surface area contributed by atoms with Crippen molar-refractivity contribution >= 4 is 32.7 Å². The van der Waals surface area contributed by atoms with Crippen LogP contribution < -0.4 is 0 Å². The molecule has 0 aliphatic rings. The van der Waals surface area contributed by atoms with Crippen LogP contribution in [0.3, 0.4) is 0 Å².